The Bertz CT molecular complexity index is 147. The van der Waals surface area contributed by atoms with E-state index < -0.39 is 0 Å². The van der Waals surface area contributed by atoms with E-state index in [1.807, 2.05) is 13.8 Å². The van der Waals surface area contributed by atoms with Gasteiger partial charge in [0.05, 0.1) is 7.11 Å². The van der Waals surface area contributed by atoms with Gasteiger partial charge in [-0.1, -0.05) is 13.0 Å². The Morgan fingerprint density at radius 1 is 1.50 bits per heavy atom. The first-order valence-electron chi connectivity index (χ1n) is 3.46. The maximum absolute atomic E-state index is 4.88. The average Bonchev–Trinajstić information content (AvgIpc) is 1.88. The predicted molar refractivity (Wildman–Crippen MR) is 44.2 cm³/mol. The molecule has 0 unspecified atom stereocenters. The van der Waals surface area contributed by atoms with E-state index in [0.717, 1.165) is 12.1 Å². The topological polar surface area (TPSA) is 21.6 Å². The molecule has 0 aliphatic heterocycles. The number of hydrogen-bond donors (Lipinski definition) is 0. The van der Waals surface area contributed by atoms with Crippen LogP contribution in [0.15, 0.2) is 16.8 Å². The summed E-state index contributed by atoms with van der Waals surface area (Å²) in [5.41, 5.74) is 1.02. The van der Waals surface area contributed by atoms with Gasteiger partial charge in [0.1, 0.15) is 0 Å². The monoisotopic (exact) mass is 141 g/mol. The van der Waals surface area contributed by atoms with Crippen molar-refractivity contribution < 1.29 is 4.74 Å². The standard InChI is InChI=1S/C8H15NO/c1-5-6-7(2)9-8(3)10-4/h6H,5H2,1-4H3/b7-6-,9-8?. The van der Waals surface area contributed by atoms with Crippen LogP contribution in [0.1, 0.15) is 27.2 Å². The summed E-state index contributed by atoms with van der Waals surface area (Å²) < 4.78 is 4.88. The first-order chi connectivity index (χ1) is 4.70. The van der Waals surface area contributed by atoms with Gasteiger partial charge in [-0.25, -0.2) is 4.99 Å². The number of allylic oxidation sites excluding steroid dienone is 2. The van der Waals surface area contributed by atoms with Crippen molar-refractivity contribution >= 4 is 5.90 Å². The summed E-state index contributed by atoms with van der Waals surface area (Å²) >= 11 is 0. The van der Waals surface area contributed by atoms with Crippen LogP contribution in [-0.2, 0) is 4.74 Å². The number of aliphatic imine (C=N–C) groups is 1. The van der Waals surface area contributed by atoms with Gasteiger partial charge in [-0.05, 0) is 13.3 Å². The molecule has 0 saturated carbocycles. The first kappa shape index (κ1) is 9.21. The van der Waals surface area contributed by atoms with Gasteiger partial charge in [0.25, 0.3) is 0 Å². The van der Waals surface area contributed by atoms with Gasteiger partial charge < -0.3 is 4.74 Å². The molecule has 10 heavy (non-hydrogen) atoms. The van der Waals surface area contributed by atoms with Crippen molar-refractivity contribution in [1.82, 2.24) is 0 Å². The van der Waals surface area contributed by atoms with Gasteiger partial charge in [-0.2, -0.15) is 0 Å². The summed E-state index contributed by atoms with van der Waals surface area (Å²) in [4.78, 5) is 4.14. The molecule has 0 aliphatic rings. The third-order valence-corrected chi connectivity index (χ3v) is 1.13. The highest BCUT2D eigenvalue weighted by Crippen LogP contribution is 1.97. The molecule has 2 heteroatoms. The molecule has 0 aliphatic carbocycles. The van der Waals surface area contributed by atoms with Crippen molar-refractivity contribution in [2.45, 2.75) is 27.2 Å². The third-order valence-electron chi connectivity index (χ3n) is 1.13. The summed E-state index contributed by atoms with van der Waals surface area (Å²) in [6.45, 7) is 5.89. The Labute approximate surface area is 62.6 Å². The number of methoxy groups -OCH3 is 1. The molecular weight excluding hydrogens is 126 g/mol. The van der Waals surface area contributed by atoms with Crippen molar-refractivity contribution in [2.75, 3.05) is 7.11 Å². The normalized spacial score (nSPS) is 13.6. The van der Waals surface area contributed by atoms with Gasteiger partial charge in [-0.3, -0.25) is 0 Å². The second kappa shape index (κ2) is 5.03. The zero-order valence-electron chi connectivity index (χ0n) is 7.14. The average molecular weight is 141 g/mol. The molecule has 0 aromatic heterocycles. The van der Waals surface area contributed by atoms with E-state index in [-0.39, 0.29) is 0 Å². The molecular formula is C8H15NO. The van der Waals surface area contributed by atoms with Crippen molar-refractivity contribution in [1.29, 1.82) is 0 Å². The Morgan fingerprint density at radius 2 is 2.10 bits per heavy atom. The van der Waals surface area contributed by atoms with Crippen LogP contribution in [-0.4, -0.2) is 13.0 Å². The van der Waals surface area contributed by atoms with Crippen molar-refractivity contribution in [3.8, 4) is 0 Å². The lowest BCUT2D eigenvalue weighted by molar-refractivity contribution is 0.399. The Morgan fingerprint density at radius 3 is 2.50 bits per heavy atom. The van der Waals surface area contributed by atoms with Gasteiger partial charge in [0.2, 0.25) is 0 Å². The van der Waals surface area contributed by atoms with Crippen molar-refractivity contribution in [3.63, 3.8) is 0 Å². The number of ether oxygens (including phenoxy) is 1. The van der Waals surface area contributed by atoms with E-state index in [2.05, 4.69) is 18.0 Å². The summed E-state index contributed by atoms with van der Waals surface area (Å²) in [5.74, 6) is 0.710. The lowest BCUT2D eigenvalue weighted by Crippen LogP contribution is -1.92. The third kappa shape index (κ3) is 4.13. The molecule has 0 fully saturated rings. The van der Waals surface area contributed by atoms with Crippen LogP contribution in [0.5, 0.6) is 0 Å². The minimum Gasteiger partial charge on any atom is -0.484 e. The number of hydrogen-bond acceptors (Lipinski definition) is 2. The molecule has 2 nitrogen and oxygen atoms in total. The summed E-state index contributed by atoms with van der Waals surface area (Å²) in [5, 5.41) is 0. The van der Waals surface area contributed by atoms with Crippen LogP contribution in [0.3, 0.4) is 0 Å². The molecule has 0 amide bonds. The molecule has 0 N–H and O–H groups in total. The van der Waals surface area contributed by atoms with E-state index in [1.165, 1.54) is 0 Å². The SMILES string of the molecule is CC/C=C(/C)N=C(C)OC. The van der Waals surface area contributed by atoms with Gasteiger partial charge >= 0.3 is 0 Å². The van der Waals surface area contributed by atoms with E-state index in [0.29, 0.717) is 5.90 Å². The minimum absolute atomic E-state index is 0.710. The molecule has 0 rings (SSSR count). The predicted octanol–water partition coefficient (Wildman–Crippen LogP) is 2.37. The maximum Gasteiger partial charge on any atom is 0.184 e. The van der Waals surface area contributed by atoms with Crippen molar-refractivity contribution in [3.05, 3.63) is 11.8 Å². The molecule has 0 spiro atoms. The van der Waals surface area contributed by atoms with Gasteiger partial charge in [0, 0.05) is 12.6 Å². The second-order valence-electron chi connectivity index (χ2n) is 2.09. The first-order valence-corrected chi connectivity index (χ1v) is 3.46. The fraction of sp³-hybridized carbons (Fsp3) is 0.625. The molecule has 0 heterocycles. The van der Waals surface area contributed by atoms with Crippen LogP contribution >= 0.6 is 0 Å². The zero-order valence-corrected chi connectivity index (χ0v) is 7.14. The molecule has 0 aromatic carbocycles. The fourth-order valence-corrected chi connectivity index (χ4v) is 0.635. The molecule has 0 radical (unpaired) electrons. The number of nitrogens with zero attached hydrogens (tertiary/aromatic N) is 1. The highest BCUT2D eigenvalue weighted by Gasteiger charge is 1.85. The fourth-order valence-electron chi connectivity index (χ4n) is 0.635. The highest BCUT2D eigenvalue weighted by molar-refractivity contribution is 5.74. The molecule has 0 atom stereocenters. The Kier molecular flexibility index (Phi) is 4.63. The van der Waals surface area contributed by atoms with Crippen molar-refractivity contribution in [2.24, 2.45) is 4.99 Å². The second-order valence-corrected chi connectivity index (χ2v) is 2.09. The van der Waals surface area contributed by atoms with Crippen LogP contribution in [0.2, 0.25) is 0 Å². The van der Waals surface area contributed by atoms with Gasteiger partial charge in [0.15, 0.2) is 5.90 Å². The Balaban J connectivity index is 3.98. The molecule has 0 bridgehead atoms. The van der Waals surface area contributed by atoms with E-state index >= 15 is 0 Å². The highest BCUT2D eigenvalue weighted by atomic mass is 16.5. The van der Waals surface area contributed by atoms with Crippen LogP contribution < -0.4 is 0 Å². The largest absolute Gasteiger partial charge is 0.484 e. The lowest BCUT2D eigenvalue weighted by atomic mass is 10.4. The Hall–Kier alpha value is -0.790. The minimum atomic E-state index is 0.710. The van der Waals surface area contributed by atoms with Crippen LogP contribution in [0.25, 0.3) is 0 Å². The number of rotatable bonds is 2. The molecule has 0 saturated heterocycles. The quantitative estimate of drug-likeness (QED) is 0.427. The van der Waals surface area contributed by atoms with E-state index in [4.69, 9.17) is 4.74 Å². The van der Waals surface area contributed by atoms with Crippen LogP contribution in [0.4, 0.5) is 0 Å². The molecule has 0 aromatic rings. The molecule has 58 valence electrons. The zero-order chi connectivity index (χ0) is 7.98. The lowest BCUT2D eigenvalue weighted by Gasteiger charge is -1.96. The summed E-state index contributed by atoms with van der Waals surface area (Å²) in [6.07, 6.45) is 3.08. The van der Waals surface area contributed by atoms with Gasteiger partial charge in [-0.15, -0.1) is 0 Å². The van der Waals surface area contributed by atoms with E-state index in [1.54, 1.807) is 7.11 Å². The van der Waals surface area contributed by atoms with E-state index in [9.17, 15) is 0 Å². The maximum atomic E-state index is 4.88. The summed E-state index contributed by atoms with van der Waals surface area (Å²) in [7, 11) is 1.62. The van der Waals surface area contributed by atoms with Crippen LogP contribution in [0, 0.1) is 0 Å². The smallest absolute Gasteiger partial charge is 0.184 e. The summed E-state index contributed by atoms with van der Waals surface area (Å²) in [6, 6.07) is 0.